The van der Waals surface area contributed by atoms with Gasteiger partial charge in [-0.05, 0) is 25.8 Å². The van der Waals surface area contributed by atoms with Gasteiger partial charge in [0, 0.05) is 38.2 Å². The highest BCUT2D eigenvalue weighted by Crippen LogP contribution is 1.95. The summed E-state index contributed by atoms with van der Waals surface area (Å²) in [7, 11) is 1.74. The van der Waals surface area contributed by atoms with Gasteiger partial charge in [-0.2, -0.15) is 0 Å². The highest BCUT2D eigenvalue weighted by Gasteiger charge is 1.92. The quantitative estimate of drug-likeness (QED) is 0.657. The summed E-state index contributed by atoms with van der Waals surface area (Å²) >= 11 is 0. The first-order valence-corrected chi connectivity index (χ1v) is 5.37. The number of nitrogens with zero attached hydrogens (tertiary/aromatic N) is 2. The van der Waals surface area contributed by atoms with Gasteiger partial charge in [-0.25, -0.2) is 9.97 Å². The molecule has 1 N–H and O–H groups in total. The lowest BCUT2D eigenvalue weighted by molar-refractivity contribution is 0.192. The second-order valence-electron chi connectivity index (χ2n) is 3.48. The first-order valence-electron chi connectivity index (χ1n) is 5.37. The van der Waals surface area contributed by atoms with E-state index in [0.717, 1.165) is 31.7 Å². The van der Waals surface area contributed by atoms with Crippen LogP contribution in [-0.2, 0) is 11.3 Å². The summed E-state index contributed by atoms with van der Waals surface area (Å²) in [5.41, 5.74) is 1.13. The Kier molecular flexibility index (Phi) is 6.70. The molecule has 1 aromatic rings. The van der Waals surface area contributed by atoms with Gasteiger partial charge in [0.15, 0.2) is 0 Å². The Labute approximate surface area is 91.1 Å². The topological polar surface area (TPSA) is 47.0 Å². The van der Waals surface area contributed by atoms with E-state index in [0.29, 0.717) is 0 Å². The predicted molar refractivity (Wildman–Crippen MR) is 59.5 cm³/mol. The van der Waals surface area contributed by atoms with Gasteiger partial charge in [-0.3, -0.25) is 0 Å². The molecule has 1 rings (SSSR count). The van der Waals surface area contributed by atoms with Gasteiger partial charge >= 0.3 is 0 Å². The van der Waals surface area contributed by atoms with Crippen LogP contribution in [0.15, 0.2) is 18.7 Å². The Morgan fingerprint density at radius 1 is 1.20 bits per heavy atom. The van der Waals surface area contributed by atoms with Crippen molar-refractivity contribution in [3.8, 4) is 0 Å². The van der Waals surface area contributed by atoms with Crippen LogP contribution in [-0.4, -0.2) is 30.2 Å². The molecular formula is C11H19N3O. The summed E-state index contributed by atoms with van der Waals surface area (Å²) in [5, 5.41) is 3.36. The molecule has 4 nitrogen and oxygen atoms in total. The maximum Gasteiger partial charge on any atom is 0.115 e. The molecule has 0 aliphatic heterocycles. The molecule has 1 aromatic heterocycles. The lowest BCUT2D eigenvalue weighted by Gasteiger charge is -2.03. The first kappa shape index (κ1) is 12.1. The summed E-state index contributed by atoms with van der Waals surface area (Å²) in [4.78, 5) is 7.91. The molecular weight excluding hydrogens is 190 g/mol. The van der Waals surface area contributed by atoms with E-state index >= 15 is 0 Å². The van der Waals surface area contributed by atoms with Crippen LogP contribution in [0.4, 0.5) is 0 Å². The third-order valence-corrected chi connectivity index (χ3v) is 2.15. The molecule has 0 amide bonds. The molecule has 15 heavy (non-hydrogen) atoms. The second kappa shape index (κ2) is 8.32. The summed E-state index contributed by atoms with van der Waals surface area (Å²) < 4.78 is 4.98. The van der Waals surface area contributed by atoms with Crippen molar-refractivity contribution in [2.75, 3.05) is 20.3 Å². The third-order valence-electron chi connectivity index (χ3n) is 2.15. The van der Waals surface area contributed by atoms with Crippen LogP contribution in [0.3, 0.4) is 0 Å². The van der Waals surface area contributed by atoms with Gasteiger partial charge in [0.05, 0.1) is 0 Å². The van der Waals surface area contributed by atoms with E-state index in [1.54, 1.807) is 13.4 Å². The highest BCUT2D eigenvalue weighted by atomic mass is 16.5. The van der Waals surface area contributed by atoms with Gasteiger partial charge in [-0.15, -0.1) is 0 Å². The molecule has 1 heterocycles. The number of methoxy groups -OCH3 is 1. The molecule has 84 valence electrons. The zero-order chi connectivity index (χ0) is 10.8. The molecule has 0 saturated carbocycles. The Morgan fingerprint density at radius 3 is 2.73 bits per heavy atom. The number of rotatable bonds is 8. The molecule has 0 saturated heterocycles. The molecule has 0 spiro atoms. The van der Waals surface area contributed by atoms with Crippen LogP contribution in [0.2, 0.25) is 0 Å². The molecule has 0 aliphatic rings. The minimum absolute atomic E-state index is 0.852. The van der Waals surface area contributed by atoms with Crippen molar-refractivity contribution >= 4 is 0 Å². The lowest BCUT2D eigenvalue weighted by atomic mass is 10.2. The van der Waals surface area contributed by atoms with Crippen molar-refractivity contribution in [1.82, 2.24) is 15.3 Å². The highest BCUT2D eigenvalue weighted by molar-refractivity contribution is 5.01. The minimum atomic E-state index is 0.852. The summed E-state index contributed by atoms with van der Waals surface area (Å²) in [5.74, 6) is 0. The fourth-order valence-corrected chi connectivity index (χ4v) is 1.33. The maximum atomic E-state index is 4.98. The Balaban J connectivity index is 1.93. The van der Waals surface area contributed by atoms with Crippen LogP contribution in [0.1, 0.15) is 24.8 Å². The molecule has 0 aromatic carbocycles. The fourth-order valence-electron chi connectivity index (χ4n) is 1.33. The largest absolute Gasteiger partial charge is 0.385 e. The fraction of sp³-hybridized carbons (Fsp3) is 0.636. The van der Waals surface area contributed by atoms with Crippen molar-refractivity contribution < 1.29 is 4.74 Å². The van der Waals surface area contributed by atoms with Gasteiger partial charge in [-0.1, -0.05) is 0 Å². The number of hydrogen-bond donors (Lipinski definition) is 1. The maximum absolute atomic E-state index is 4.98. The van der Waals surface area contributed by atoms with E-state index in [9.17, 15) is 0 Å². The Hall–Kier alpha value is -1.00. The number of aromatic nitrogens is 2. The summed E-state index contributed by atoms with van der Waals surface area (Å²) in [6.45, 7) is 2.76. The molecule has 0 aliphatic carbocycles. The molecule has 0 bridgehead atoms. The number of hydrogen-bond acceptors (Lipinski definition) is 4. The molecule has 0 fully saturated rings. The minimum Gasteiger partial charge on any atom is -0.385 e. The van der Waals surface area contributed by atoms with E-state index in [4.69, 9.17) is 4.74 Å². The van der Waals surface area contributed by atoms with Crippen LogP contribution in [0.5, 0.6) is 0 Å². The normalized spacial score (nSPS) is 10.5. The lowest BCUT2D eigenvalue weighted by Crippen LogP contribution is -2.15. The van der Waals surface area contributed by atoms with Gasteiger partial charge in [0.1, 0.15) is 6.33 Å². The zero-order valence-corrected chi connectivity index (χ0v) is 9.28. The van der Waals surface area contributed by atoms with Crippen molar-refractivity contribution in [2.45, 2.75) is 25.8 Å². The van der Waals surface area contributed by atoms with Crippen molar-refractivity contribution in [3.63, 3.8) is 0 Å². The first-order chi connectivity index (χ1) is 7.43. The van der Waals surface area contributed by atoms with Crippen LogP contribution in [0.25, 0.3) is 0 Å². The Bertz CT molecular complexity index is 241. The van der Waals surface area contributed by atoms with E-state index in [1.165, 1.54) is 12.8 Å². The standard InChI is InChI=1S/C11H19N3O/c1-15-6-4-2-3-5-12-7-11-8-13-10-14-9-11/h8-10,12H,2-7H2,1H3. The van der Waals surface area contributed by atoms with Crippen molar-refractivity contribution in [2.24, 2.45) is 0 Å². The summed E-state index contributed by atoms with van der Waals surface area (Å²) in [6.07, 6.45) is 8.78. The van der Waals surface area contributed by atoms with Crippen LogP contribution < -0.4 is 5.32 Å². The van der Waals surface area contributed by atoms with Crippen molar-refractivity contribution in [3.05, 3.63) is 24.3 Å². The average molecular weight is 209 g/mol. The summed E-state index contributed by atoms with van der Waals surface area (Å²) in [6, 6.07) is 0. The molecule has 0 radical (unpaired) electrons. The smallest absolute Gasteiger partial charge is 0.115 e. The number of unbranched alkanes of at least 4 members (excludes halogenated alkanes) is 2. The molecule has 0 atom stereocenters. The van der Waals surface area contributed by atoms with Crippen LogP contribution >= 0.6 is 0 Å². The third kappa shape index (κ3) is 6.14. The predicted octanol–water partition coefficient (Wildman–Crippen LogP) is 1.38. The second-order valence-corrected chi connectivity index (χ2v) is 3.48. The van der Waals surface area contributed by atoms with E-state index in [2.05, 4.69) is 15.3 Å². The van der Waals surface area contributed by atoms with Gasteiger partial charge in [0.25, 0.3) is 0 Å². The van der Waals surface area contributed by atoms with Gasteiger partial charge < -0.3 is 10.1 Å². The zero-order valence-electron chi connectivity index (χ0n) is 9.28. The molecule has 0 unspecified atom stereocenters. The number of nitrogens with one attached hydrogen (secondary N) is 1. The van der Waals surface area contributed by atoms with Gasteiger partial charge in [0.2, 0.25) is 0 Å². The Morgan fingerprint density at radius 2 is 2.00 bits per heavy atom. The number of ether oxygens (including phenoxy) is 1. The van der Waals surface area contributed by atoms with Crippen LogP contribution in [0, 0.1) is 0 Å². The van der Waals surface area contributed by atoms with E-state index in [1.807, 2.05) is 12.4 Å². The van der Waals surface area contributed by atoms with Crippen molar-refractivity contribution in [1.29, 1.82) is 0 Å². The monoisotopic (exact) mass is 209 g/mol. The van der Waals surface area contributed by atoms with E-state index < -0.39 is 0 Å². The SMILES string of the molecule is COCCCCCNCc1cncnc1. The van der Waals surface area contributed by atoms with E-state index in [-0.39, 0.29) is 0 Å². The average Bonchev–Trinajstić information content (AvgIpc) is 2.29. The molecule has 4 heteroatoms.